The van der Waals surface area contributed by atoms with Crippen LogP contribution in [-0.4, -0.2) is 25.2 Å². The molecule has 1 N–H and O–H groups in total. The van der Waals surface area contributed by atoms with Crippen molar-refractivity contribution in [3.8, 4) is 0 Å². The van der Waals surface area contributed by atoms with Crippen LogP contribution in [-0.2, 0) is 9.53 Å². The highest BCUT2D eigenvalue weighted by atomic mass is 16.5. The topological polar surface area (TPSA) is 38.3 Å². The second-order valence-electron chi connectivity index (χ2n) is 4.24. The average Bonchev–Trinajstić information content (AvgIpc) is 2.88. The van der Waals surface area contributed by atoms with E-state index in [4.69, 9.17) is 4.74 Å². The molecular formula is C10H19NO2. The molecule has 0 aromatic carbocycles. The quantitative estimate of drug-likeness (QED) is 0.657. The highest BCUT2D eigenvalue weighted by molar-refractivity contribution is 5.79. The van der Waals surface area contributed by atoms with E-state index < -0.39 is 5.54 Å². The van der Waals surface area contributed by atoms with Gasteiger partial charge in [0.15, 0.2) is 0 Å². The van der Waals surface area contributed by atoms with Gasteiger partial charge in [-0.3, -0.25) is 4.79 Å². The zero-order valence-corrected chi connectivity index (χ0v) is 8.72. The van der Waals surface area contributed by atoms with Gasteiger partial charge < -0.3 is 10.1 Å². The van der Waals surface area contributed by atoms with Crippen LogP contribution in [0.25, 0.3) is 0 Å². The van der Waals surface area contributed by atoms with Crippen LogP contribution in [0.1, 0.15) is 33.1 Å². The fourth-order valence-electron chi connectivity index (χ4n) is 1.01. The van der Waals surface area contributed by atoms with Gasteiger partial charge in [-0.15, -0.1) is 0 Å². The van der Waals surface area contributed by atoms with Crippen LogP contribution in [0.4, 0.5) is 0 Å². The van der Waals surface area contributed by atoms with Crippen LogP contribution >= 0.6 is 0 Å². The molecule has 76 valence electrons. The summed E-state index contributed by atoms with van der Waals surface area (Å²) in [6, 6.07) is 0. The monoisotopic (exact) mass is 185 g/mol. The number of ether oxygens (including phenoxy) is 1. The Labute approximate surface area is 79.8 Å². The maximum Gasteiger partial charge on any atom is 0.325 e. The second-order valence-corrected chi connectivity index (χ2v) is 4.24. The predicted molar refractivity (Wildman–Crippen MR) is 51.4 cm³/mol. The van der Waals surface area contributed by atoms with Crippen molar-refractivity contribution >= 4 is 5.97 Å². The Balaban J connectivity index is 2.15. The Morgan fingerprint density at radius 2 is 2.15 bits per heavy atom. The van der Waals surface area contributed by atoms with E-state index in [1.165, 1.54) is 12.8 Å². The molecule has 1 aliphatic rings. The highest BCUT2D eigenvalue weighted by Gasteiger charge is 2.28. The van der Waals surface area contributed by atoms with Crippen molar-refractivity contribution in [3.05, 3.63) is 0 Å². The van der Waals surface area contributed by atoms with Crippen molar-refractivity contribution in [1.29, 1.82) is 0 Å². The van der Waals surface area contributed by atoms with Crippen molar-refractivity contribution in [2.75, 3.05) is 13.7 Å². The number of hydrogen-bond donors (Lipinski definition) is 1. The molecule has 0 saturated heterocycles. The highest BCUT2D eigenvalue weighted by Crippen LogP contribution is 2.32. The van der Waals surface area contributed by atoms with Crippen molar-refractivity contribution < 1.29 is 9.53 Å². The zero-order valence-electron chi connectivity index (χ0n) is 8.72. The first-order valence-corrected chi connectivity index (χ1v) is 4.92. The number of carbonyl (C=O) groups excluding carboxylic acids is 1. The largest absolute Gasteiger partial charge is 0.464 e. The van der Waals surface area contributed by atoms with Gasteiger partial charge in [0.1, 0.15) is 5.54 Å². The predicted octanol–water partition coefficient (Wildman–Crippen LogP) is 1.33. The Morgan fingerprint density at radius 1 is 1.54 bits per heavy atom. The Bertz CT molecular complexity index is 185. The summed E-state index contributed by atoms with van der Waals surface area (Å²) in [5, 5.41) is 2.92. The minimum atomic E-state index is -0.552. The fourth-order valence-corrected chi connectivity index (χ4v) is 1.01. The first-order chi connectivity index (χ1) is 6.06. The van der Waals surface area contributed by atoms with Gasteiger partial charge in [-0.1, -0.05) is 12.8 Å². The summed E-state index contributed by atoms with van der Waals surface area (Å²) < 4.78 is 5.15. The van der Waals surface area contributed by atoms with Gasteiger partial charge in [-0.05, 0) is 33.2 Å². The van der Waals surface area contributed by atoms with E-state index in [1.807, 2.05) is 13.8 Å². The van der Waals surface area contributed by atoms with E-state index in [-0.39, 0.29) is 5.97 Å². The molecule has 0 radical (unpaired) electrons. The van der Waals surface area contributed by atoms with Crippen LogP contribution in [0, 0.1) is 5.92 Å². The molecule has 1 saturated carbocycles. The third kappa shape index (κ3) is 3.35. The van der Waals surface area contributed by atoms with Gasteiger partial charge in [-0.25, -0.2) is 0 Å². The third-order valence-electron chi connectivity index (χ3n) is 2.59. The van der Waals surface area contributed by atoms with Gasteiger partial charge in [0, 0.05) is 0 Å². The van der Waals surface area contributed by atoms with Crippen LogP contribution < -0.4 is 5.32 Å². The number of nitrogens with one attached hydrogen (secondary N) is 1. The van der Waals surface area contributed by atoms with Crippen LogP contribution in [0.2, 0.25) is 0 Å². The van der Waals surface area contributed by atoms with E-state index in [9.17, 15) is 4.79 Å². The molecule has 0 unspecified atom stereocenters. The normalized spacial score (nSPS) is 17.2. The van der Waals surface area contributed by atoms with Gasteiger partial charge >= 0.3 is 5.97 Å². The summed E-state index contributed by atoms with van der Waals surface area (Å²) in [4.78, 5) is 11.4. The lowest BCUT2D eigenvalue weighted by atomic mass is 10.1. The lowest BCUT2D eigenvalue weighted by Gasteiger charge is -2.21. The zero-order chi connectivity index (χ0) is 9.90. The summed E-state index contributed by atoms with van der Waals surface area (Å²) in [6.07, 6.45) is 3.66. The van der Waals surface area contributed by atoms with E-state index in [0.717, 1.165) is 12.3 Å². The summed E-state index contributed by atoms with van der Waals surface area (Å²) in [7, 11) is 1.77. The van der Waals surface area contributed by atoms with Gasteiger partial charge in [-0.2, -0.15) is 0 Å². The Morgan fingerprint density at radius 3 is 2.62 bits per heavy atom. The van der Waals surface area contributed by atoms with Crippen LogP contribution in [0.15, 0.2) is 0 Å². The molecule has 1 rings (SSSR count). The Kier molecular flexibility index (Phi) is 3.31. The molecule has 0 aromatic heterocycles. The molecule has 0 spiro atoms. The minimum absolute atomic E-state index is 0.157. The maximum atomic E-state index is 11.4. The summed E-state index contributed by atoms with van der Waals surface area (Å²) in [5.41, 5.74) is -0.552. The van der Waals surface area contributed by atoms with E-state index in [0.29, 0.717) is 6.61 Å². The van der Waals surface area contributed by atoms with Crippen molar-refractivity contribution in [2.24, 2.45) is 5.92 Å². The average molecular weight is 185 g/mol. The molecular weight excluding hydrogens is 166 g/mol. The summed E-state index contributed by atoms with van der Waals surface area (Å²) >= 11 is 0. The molecule has 0 aliphatic heterocycles. The van der Waals surface area contributed by atoms with Crippen LogP contribution in [0.3, 0.4) is 0 Å². The lowest BCUT2D eigenvalue weighted by molar-refractivity contribution is -0.150. The molecule has 0 atom stereocenters. The number of likely N-dealkylation sites (N-methyl/N-ethyl adjacent to an activating group) is 1. The number of hydrogen-bond acceptors (Lipinski definition) is 3. The first kappa shape index (κ1) is 10.5. The molecule has 3 nitrogen and oxygen atoms in total. The summed E-state index contributed by atoms with van der Waals surface area (Å²) in [5.74, 6) is 0.668. The third-order valence-corrected chi connectivity index (χ3v) is 2.59. The number of esters is 1. The maximum absolute atomic E-state index is 11.4. The van der Waals surface area contributed by atoms with E-state index >= 15 is 0 Å². The number of rotatable bonds is 5. The molecule has 1 fully saturated rings. The molecule has 0 amide bonds. The standard InChI is InChI=1S/C10H19NO2/c1-10(2,11-3)9(12)13-7-6-8-4-5-8/h8,11H,4-7H2,1-3H3. The van der Waals surface area contributed by atoms with Crippen molar-refractivity contribution in [2.45, 2.75) is 38.6 Å². The molecule has 3 heteroatoms. The van der Waals surface area contributed by atoms with E-state index in [2.05, 4.69) is 5.32 Å². The lowest BCUT2D eigenvalue weighted by Crippen LogP contribution is -2.45. The summed E-state index contributed by atoms with van der Waals surface area (Å²) in [6.45, 7) is 4.23. The van der Waals surface area contributed by atoms with Gasteiger partial charge in [0.25, 0.3) is 0 Å². The molecule has 1 aliphatic carbocycles. The smallest absolute Gasteiger partial charge is 0.325 e. The minimum Gasteiger partial charge on any atom is -0.464 e. The molecule has 0 heterocycles. The van der Waals surface area contributed by atoms with Gasteiger partial charge in [0.2, 0.25) is 0 Å². The molecule has 0 aromatic rings. The first-order valence-electron chi connectivity index (χ1n) is 4.92. The molecule has 13 heavy (non-hydrogen) atoms. The van der Waals surface area contributed by atoms with E-state index in [1.54, 1.807) is 7.05 Å². The second kappa shape index (κ2) is 4.09. The fraction of sp³-hybridized carbons (Fsp3) is 0.900. The van der Waals surface area contributed by atoms with Crippen molar-refractivity contribution in [1.82, 2.24) is 5.32 Å². The SMILES string of the molecule is CNC(C)(C)C(=O)OCCC1CC1. The van der Waals surface area contributed by atoms with Crippen LogP contribution in [0.5, 0.6) is 0 Å². The van der Waals surface area contributed by atoms with Gasteiger partial charge in [0.05, 0.1) is 6.61 Å². The number of carbonyl (C=O) groups is 1. The van der Waals surface area contributed by atoms with Crippen molar-refractivity contribution in [3.63, 3.8) is 0 Å². The molecule has 0 bridgehead atoms. The Hall–Kier alpha value is -0.570.